The van der Waals surface area contributed by atoms with Gasteiger partial charge in [-0.05, 0) is 24.1 Å². The summed E-state index contributed by atoms with van der Waals surface area (Å²) >= 11 is 0. The first-order valence-corrected chi connectivity index (χ1v) is 11.2. The van der Waals surface area contributed by atoms with E-state index in [1.165, 1.54) is 0 Å². The van der Waals surface area contributed by atoms with E-state index in [1.54, 1.807) is 12.1 Å². The number of nitrogens with one attached hydrogen (secondary N) is 2. The molecule has 1 unspecified atom stereocenters. The molecule has 2 fully saturated rings. The zero-order valence-corrected chi connectivity index (χ0v) is 17.9. The molecule has 4 aliphatic heterocycles. The Labute approximate surface area is 189 Å². The number of nitrogens with zero attached hydrogens (tertiary/aromatic N) is 5. The lowest BCUT2D eigenvalue weighted by Crippen LogP contribution is -2.54. The van der Waals surface area contributed by atoms with E-state index in [1.807, 2.05) is 6.07 Å². The first kappa shape index (κ1) is 20.2. The van der Waals surface area contributed by atoms with E-state index in [4.69, 9.17) is 0 Å². The summed E-state index contributed by atoms with van der Waals surface area (Å²) in [7, 11) is 0. The number of piperidine rings is 1. The molecular weight excluding hydrogens is 426 g/mol. The van der Waals surface area contributed by atoms with E-state index < -0.39 is 23.8 Å². The molecule has 11 nitrogen and oxygen atoms in total. The predicted octanol–water partition coefficient (Wildman–Crippen LogP) is -0.618. The third kappa shape index (κ3) is 3.26. The minimum absolute atomic E-state index is 0.105. The van der Waals surface area contributed by atoms with Gasteiger partial charge >= 0.3 is 0 Å². The van der Waals surface area contributed by atoms with E-state index in [-0.39, 0.29) is 18.7 Å². The quantitative estimate of drug-likeness (QED) is 0.591. The largest absolute Gasteiger partial charge is 0.315 e. The summed E-state index contributed by atoms with van der Waals surface area (Å²) in [6.07, 6.45) is 0.254. The molecule has 0 saturated carbocycles. The SMILES string of the molecule is O=C1CCC(N2C(=O)c3ccc(CN4CCn5c(nnc5C5CNC5)C4)cc3C2=O)C(=O)N1. The minimum Gasteiger partial charge on any atom is -0.315 e. The predicted molar refractivity (Wildman–Crippen MR) is 113 cm³/mol. The van der Waals surface area contributed by atoms with Gasteiger partial charge in [0.1, 0.15) is 17.7 Å². The highest BCUT2D eigenvalue weighted by Gasteiger charge is 2.44. The summed E-state index contributed by atoms with van der Waals surface area (Å²) in [5.41, 5.74) is 1.52. The van der Waals surface area contributed by atoms with Gasteiger partial charge in [-0.15, -0.1) is 10.2 Å². The minimum atomic E-state index is -0.952. The number of imide groups is 2. The summed E-state index contributed by atoms with van der Waals surface area (Å²) in [4.78, 5) is 52.8. The fourth-order valence-electron chi connectivity index (χ4n) is 5.01. The van der Waals surface area contributed by atoms with Crippen molar-refractivity contribution in [3.8, 4) is 0 Å². The van der Waals surface area contributed by atoms with Crippen molar-refractivity contribution in [2.75, 3.05) is 19.6 Å². The maximum Gasteiger partial charge on any atom is 0.262 e. The average Bonchev–Trinajstić information content (AvgIpc) is 3.26. The van der Waals surface area contributed by atoms with Crippen molar-refractivity contribution in [2.24, 2.45) is 0 Å². The number of carbonyl (C=O) groups is 4. The van der Waals surface area contributed by atoms with Crippen LogP contribution in [0.25, 0.3) is 0 Å². The van der Waals surface area contributed by atoms with Crippen LogP contribution >= 0.6 is 0 Å². The highest BCUT2D eigenvalue weighted by Crippen LogP contribution is 2.29. The Balaban J connectivity index is 1.18. The van der Waals surface area contributed by atoms with Gasteiger partial charge in [0.25, 0.3) is 11.8 Å². The standard InChI is InChI=1S/C22H23N7O4/c30-18-4-3-16(20(31)24-18)29-21(32)14-2-1-12(7-15(14)22(29)33)10-27-5-6-28-17(11-27)25-26-19(28)13-8-23-9-13/h1-2,7,13,16,23H,3-6,8-11H2,(H,24,30,31). The Morgan fingerprint density at radius 1 is 1.00 bits per heavy atom. The van der Waals surface area contributed by atoms with Crippen LogP contribution in [0.2, 0.25) is 0 Å². The second-order valence-electron chi connectivity index (χ2n) is 9.02. The summed E-state index contributed by atoms with van der Waals surface area (Å²) in [6, 6.07) is 4.30. The molecule has 2 saturated heterocycles. The van der Waals surface area contributed by atoms with Crippen LogP contribution in [0, 0.1) is 0 Å². The molecule has 2 aromatic rings. The summed E-state index contributed by atoms with van der Waals surface area (Å²) in [5.74, 6) is 0.478. The highest BCUT2D eigenvalue weighted by molar-refractivity contribution is 6.23. The molecule has 0 bridgehead atoms. The lowest BCUT2D eigenvalue weighted by Gasteiger charge is -2.31. The van der Waals surface area contributed by atoms with Gasteiger partial charge in [0.05, 0.1) is 17.7 Å². The fraction of sp³-hybridized carbons (Fsp3) is 0.455. The van der Waals surface area contributed by atoms with Gasteiger partial charge in [0.15, 0.2) is 0 Å². The average molecular weight is 449 g/mol. The van der Waals surface area contributed by atoms with E-state index in [0.29, 0.717) is 30.1 Å². The molecule has 6 rings (SSSR count). The number of rotatable bonds is 4. The van der Waals surface area contributed by atoms with Gasteiger partial charge in [0.2, 0.25) is 11.8 Å². The fourth-order valence-corrected chi connectivity index (χ4v) is 5.01. The Bertz CT molecular complexity index is 1200. The zero-order valence-electron chi connectivity index (χ0n) is 17.9. The first-order chi connectivity index (χ1) is 16.0. The van der Waals surface area contributed by atoms with Crippen LogP contribution in [0.5, 0.6) is 0 Å². The second-order valence-corrected chi connectivity index (χ2v) is 9.02. The summed E-state index contributed by atoms with van der Waals surface area (Å²) < 4.78 is 2.21. The van der Waals surface area contributed by atoms with Crippen molar-refractivity contribution in [2.45, 2.75) is 44.4 Å². The lowest BCUT2D eigenvalue weighted by atomic mass is 10.0. The first-order valence-electron chi connectivity index (χ1n) is 11.2. The molecular formula is C22H23N7O4. The number of carbonyl (C=O) groups excluding carboxylic acids is 4. The Kier molecular flexibility index (Phi) is 4.63. The van der Waals surface area contributed by atoms with E-state index in [0.717, 1.165) is 48.3 Å². The Morgan fingerprint density at radius 2 is 1.82 bits per heavy atom. The van der Waals surface area contributed by atoms with Crippen LogP contribution < -0.4 is 10.6 Å². The van der Waals surface area contributed by atoms with Crippen molar-refractivity contribution in [1.29, 1.82) is 0 Å². The molecule has 1 aromatic heterocycles. The van der Waals surface area contributed by atoms with Gasteiger partial charge in [0, 0.05) is 45.1 Å². The van der Waals surface area contributed by atoms with Crippen LogP contribution in [0.4, 0.5) is 0 Å². The normalized spacial score (nSPS) is 23.4. The van der Waals surface area contributed by atoms with Crippen LogP contribution in [0.1, 0.15) is 56.7 Å². The molecule has 170 valence electrons. The molecule has 1 atom stereocenters. The third-order valence-electron chi connectivity index (χ3n) is 6.92. The van der Waals surface area contributed by atoms with Gasteiger partial charge in [-0.3, -0.25) is 34.3 Å². The maximum atomic E-state index is 13.0. The topological polar surface area (TPSA) is 130 Å². The molecule has 4 amide bonds. The molecule has 0 spiro atoms. The molecule has 5 heterocycles. The number of benzene rings is 1. The number of hydrogen-bond donors (Lipinski definition) is 2. The van der Waals surface area contributed by atoms with Gasteiger partial charge < -0.3 is 9.88 Å². The van der Waals surface area contributed by atoms with Gasteiger partial charge in [-0.1, -0.05) is 6.07 Å². The van der Waals surface area contributed by atoms with Crippen molar-refractivity contribution in [3.05, 3.63) is 46.5 Å². The molecule has 33 heavy (non-hydrogen) atoms. The monoisotopic (exact) mass is 449 g/mol. The van der Waals surface area contributed by atoms with Crippen LogP contribution in [0.15, 0.2) is 18.2 Å². The smallest absolute Gasteiger partial charge is 0.262 e. The lowest BCUT2D eigenvalue weighted by molar-refractivity contribution is -0.136. The van der Waals surface area contributed by atoms with Crippen LogP contribution in [0.3, 0.4) is 0 Å². The molecule has 2 N–H and O–H groups in total. The number of amides is 4. The van der Waals surface area contributed by atoms with Crippen molar-refractivity contribution in [3.63, 3.8) is 0 Å². The van der Waals surface area contributed by atoms with Crippen LogP contribution in [-0.2, 0) is 29.2 Å². The van der Waals surface area contributed by atoms with E-state index in [2.05, 4.69) is 30.3 Å². The van der Waals surface area contributed by atoms with Crippen molar-refractivity contribution < 1.29 is 19.2 Å². The molecule has 0 radical (unpaired) electrons. The molecule has 4 aliphatic rings. The van der Waals surface area contributed by atoms with Crippen LogP contribution in [-0.4, -0.2) is 73.9 Å². The summed E-state index contributed by atoms with van der Waals surface area (Å²) in [5, 5.41) is 14.3. The number of aromatic nitrogens is 3. The Morgan fingerprint density at radius 3 is 2.58 bits per heavy atom. The zero-order chi connectivity index (χ0) is 22.7. The van der Waals surface area contributed by atoms with E-state index in [9.17, 15) is 19.2 Å². The van der Waals surface area contributed by atoms with Crippen molar-refractivity contribution in [1.82, 2.24) is 35.2 Å². The molecule has 1 aromatic carbocycles. The second kappa shape index (κ2) is 7.56. The number of hydrogen-bond acceptors (Lipinski definition) is 8. The molecule has 0 aliphatic carbocycles. The molecule has 11 heteroatoms. The third-order valence-corrected chi connectivity index (χ3v) is 6.92. The summed E-state index contributed by atoms with van der Waals surface area (Å²) in [6.45, 7) is 4.82. The highest BCUT2D eigenvalue weighted by atomic mass is 16.2. The maximum absolute atomic E-state index is 13.0. The number of fused-ring (bicyclic) bond motifs is 2. The van der Waals surface area contributed by atoms with E-state index >= 15 is 0 Å². The van der Waals surface area contributed by atoms with Gasteiger partial charge in [-0.2, -0.15) is 0 Å². The van der Waals surface area contributed by atoms with Crippen molar-refractivity contribution >= 4 is 23.6 Å². The van der Waals surface area contributed by atoms with Gasteiger partial charge in [-0.25, -0.2) is 0 Å². The Hall–Kier alpha value is -3.44.